The fraction of sp³-hybridized carbons (Fsp3) is 0.310. The molecule has 3 aromatic rings. The minimum absolute atomic E-state index is 0.103. The lowest BCUT2D eigenvalue weighted by atomic mass is 10.1. The number of carbonyl (C=O) groups is 2. The summed E-state index contributed by atoms with van der Waals surface area (Å²) in [6, 6.07) is 17.4. The third-order valence-electron chi connectivity index (χ3n) is 7.17. The Morgan fingerprint density at radius 3 is 2.38 bits per heavy atom. The molecule has 1 N–H and O–H groups in total. The average Bonchev–Trinajstić information content (AvgIpc) is 3.36. The first-order valence-corrected chi connectivity index (χ1v) is 14.6. The number of para-hydroxylation sites is 1. The van der Waals surface area contributed by atoms with Crippen molar-refractivity contribution in [3.05, 3.63) is 88.7 Å². The van der Waals surface area contributed by atoms with Crippen molar-refractivity contribution in [2.75, 3.05) is 40.9 Å². The van der Waals surface area contributed by atoms with Crippen molar-refractivity contribution in [3.8, 4) is 5.75 Å². The van der Waals surface area contributed by atoms with Crippen molar-refractivity contribution in [2.45, 2.75) is 25.9 Å². The minimum Gasteiger partial charge on any atom is -0.489 e. The molecule has 2 aliphatic heterocycles. The van der Waals surface area contributed by atoms with Gasteiger partial charge in [-0.25, -0.2) is 12.8 Å². The minimum atomic E-state index is -2.97. The van der Waals surface area contributed by atoms with Crippen molar-refractivity contribution in [2.24, 2.45) is 0 Å². The lowest BCUT2D eigenvalue weighted by Crippen LogP contribution is -2.40. The molecule has 2 aliphatic rings. The number of fused-ring (bicyclic) bond motifs is 1. The van der Waals surface area contributed by atoms with Gasteiger partial charge in [-0.3, -0.25) is 9.59 Å². The molecular formula is C29H29FN2O6S. The van der Waals surface area contributed by atoms with Crippen LogP contribution in [0, 0.1) is 5.82 Å². The molecule has 0 atom stereocenters. The zero-order chi connectivity index (χ0) is 27.6. The van der Waals surface area contributed by atoms with Gasteiger partial charge in [0.2, 0.25) is 0 Å². The van der Waals surface area contributed by atoms with Gasteiger partial charge >= 0.3 is 5.97 Å². The molecule has 0 saturated carbocycles. The van der Waals surface area contributed by atoms with Crippen LogP contribution in [-0.2, 0) is 34.1 Å². The number of amides is 1. The Morgan fingerprint density at radius 2 is 1.69 bits per heavy atom. The third kappa shape index (κ3) is 6.06. The standard InChI is InChI=1S/C29H29FN2O6S/c30-26-18-25(10-6-20(26)7-11-27(33)34)38-19-23-3-1-2-21-12-13-32(28(21)23)29(35)22-4-8-24(9-5-22)31-14-16-39(36,37)17-15-31/h1-6,8-10,18H,7,11-17,19H2,(H,33,34). The van der Waals surface area contributed by atoms with E-state index in [1.54, 1.807) is 23.1 Å². The Morgan fingerprint density at radius 1 is 0.949 bits per heavy atom. The molecule has 8 nitrogen and oxygen atoms in total. The van der Waals surface area contributed by atoms with E-state index in [0.717, 1.165) is 22.5 Å². The summed E-state index contributed by atoms with van der Waals surface area (Å²) < 4.78 is 43.7. The Labute approximate surface area is 226 Å². The molecule has 1 amide bonds. The van der Waals surface area contributed by atoms with Crippen molar-refractivity contribution in [1.82, 2.24) is 0 Å². The number of carboxylic acids is 1. The highest BCUT2D eigenvalue weighted by Crippen LogP contribution is 2.34. The summed E-state index contributed by atoms with van der Waals surface area (Å²) in [5.74, 6) is -1.06. The molecule has 0 spiro atoms. The zero-order valence-electron chi connectivity index (χ0n) is 21.3. The molecule has 0 unspecified atom stereocenters. The van der Waals surface area contributed by atoms with Gasteiger partial charge in [-0.05, 0) is 54.3 Å². The molecule has 0 bridgehead atoms. The van der Waals surface area contributed by atoms with Crippen LogP contribution in [0.4, 0.5) is 15.8 Å². The number of hydrogen-bond donors (Lipinski definition) is 1. The van der Waals surface area contributed by atoms with Gasteiger partial charge in [0.05, 0.1) is 17.2 Å². The second-order valence-corrected chi connectivity index (χ2v) is 12.1. The highest BCUT2D eigenvalue weighted by Gasteiger charge is 2.29. The molecule has 2 heterocycles. The number of carboxylic acid groups (broad SMARTS) is 1. The summed E-state index contributed by atoms with van der Waals surface area (Å²) >= 11 is 0. The number of aryl methyl sites for hydroxylation is 1. The summed E-state index contributed by atoms with van der Waals surface area (Å²) in [5, 5.41) is 8.83. The van der Waals surface area contributed by atoms with E-state index in [4.69, 9.17) is 9.84 Å². The monoisotopic (exact) mass is 552 g/mol. The van der Waals surface area contributed by atoms with E-state index in [1.165, 1.54) is 12.1 Å². The maximum absolute atomic E-state index is 14.4. The van der Waals surface area contributed by atoms with Crippen molar-refractivity contribution >= 4 is 33.1 Å². The van der Waals surface area contributed by atoms with E-state index in [2.05, 4.69) is 0 Å². The van der Waals surface area contributed by atoms with Crippen molar-refractivity contribution in [3.63, 3.8) is 0 Å². The van der Waals surface area contributed by atoms with E-state index in [0.29, 0.717) is 42.9 Å². The van der Waals surface area contributed by atoms with Crippen LogP contribution in [0.15, 0.2) is 60.7 Å². The van der Waals surface area contributed by atoms with E-state index < -0.39 is 21.6 Å². The summed E-state index contributed by atoms with van der Waals surface area (Å²) in [7, 11) is -2.97. The fourth-order valence-corrected chi connectivity index (χ4v) is 6.22. The average molecular weight is 553 g/mol. The third-order valence-corrected chi connectivity index (χ3v) is 8.78. The maximum Gasteiger partial charge on any atom is 0.303 e. The van der Waals surface area contributed by atoms with Crippen LogP contribution in [-0.4, -0.2) is 56.5 Å². The number of rotatable bonds is 8. The van der Waals surface area contributed by atoms with Crippen LogP contribution in [0.25, 0.3) is 0 Å². The largest absolute Gasteiger partial charge is 0.489 e. The van der Waals surface area contributed by atoms with Gasteiger partial charge in [0.1, 0.15) is 18.2 Å². The summed E-state index contributed by atoms with van der Waals surface area (Å²) in [6.07, 6.45) is 0.663. The number of halogens is 1. The second-order valence-electron chi connectivity index (χ2n) is 9.75. The van der Waals surface area contributed by atoms with Gasteiger partial charge in [0.25, 0.3) is 5.91 Å². The molecule has 5 rings (SSSR count). The van der Waals surface area contributed by atoms with Crippen LogP contribution >= 0.6 is 0 Å². The molecule has 0 aromatic heterocycles. The lowest BCUT2D eigenvalue weighted by Gasteiger charge is -2.29. The maximum atomic E-state index is 14.4. The Balaban J connectivity index is 1.28. The molecule has 1 saturated heterocycles. The number of benzene rings is 3. The van der Waals surface area contributed by atoms with Gasteiger partial charge in [0, 0.05) is 48.9 Å². The lowest BCUT2D eigenvalue weighted by molar-refractivity contribution is -0.136. The van der Waals surface area contributed by atoms with Gasteiger partial charge in [-0.15, -0.1) is 0 Å². The molecule has 0 radical (unpaired) electrons. The van der Waals surface area contributed by atoms with E-state index >= 15 is 0 Å². The topological polar surface area (TPSA) is 104 Å². The van der Waals surface area contributed by atoms with E-state index in [-0.39, 0.29) is 36.9 Å². The first kappa shape index (κ1) is 26.7. The van der Waals surface area contributed by atoms with Crippen LogP contribution in [0.1, 0.15) is 33.5 Å². The van der Waals surface area contributed by atoms with Gasteiger partial charge in [0.15, 0.2) is 9.84 Å². The Bertz CT molecular complexity index is 1490. The quantitative estimate of drug-likeness (QED) is 0.453. The highest BCUT2D eigenvalue weighted by molar-refractivity contribution is 7.91. The van der Waals surface area contributed by atoms with Crippen LogP contribution in [0.5, 0.6) is 5.75 Å². The molecule has 39 heavy (non-hydrogen) atoms. The highest BCUT2D eigenvalue weighted by atomic mass is 32.2. The SMILES string of the molecule is O=C(O)CCc1ccc(OCc2cccc3c2N(C(=O)c2ccc(N4CCS(=O)(=O)CC4)cc2)CC3)cc1F. The fourth-order valence-electron chi connectivity index (χ4n) is 5.02. The number of hydrogen-bond acceptors (Lipinski definition) is 6. The summed E-state index contributed by atoms with van der Waals surface area (Å²) in [4.78, 5) is 28.0. The summed E-state index contributed by atoms with van der Waals surface area (Å²) in [5.41, 5.74) is 4.38. The molecule has 1 fully saturated rings. The Hall–Kier alpha value is -3.92. The predicted molar refractivity (Wildman–Crippen MR) is 146 cm³/mol. The van der Waals surface area contributed by atoms with Crippen LogP contribution in [0.2, 0.25) is 0 Å². The van der Waals surface area contributed by atoms with Crippen LogP contribution < -0.4 is 14.5 Å². The molecule has 0 aliphatic carbocycles. The number of ether oxygens (including phenoxy) is 1. The second kappa shape index (κ2) is 11.1. The van der Waals surface area contributed by atoms with Gasteiger partial charge in [-0.2, -0.15) is 0 Å². The zero-order valence-corrected chi connectivity index (χ0v) is 22.1. The first-order chi connectivity index (χ1) is 18.7. The summed E-state index contributed by atoms with van der Waals surface area (Å²) in [6.45, 7) is 1.54. The number of aliphatic carboxylic acids is 1. The van der Waals surface area contributed by atoms with Gasteiger partial charge in [-0.1, -0.05) is 24.3 Å². The van der Waals surface area contributed by atoms with E-state index in [9.17, 15) is 22.4 Å². The van der Waals surface area contributed by atoms with E-state index in [1.807, 2.05) is 35.2 Å². The Kier molecular flexibility index (Phi) is 7.56. The molecule has 3 aromatic carbocycles. The first-order valence-electron chi connectivity index (χ1n) is 12.8. The molecule has 10 heteroatoms. The van der Waals surface area contributed by atoms with Crippen molar-refractivity contribution in [1.29, 1.82) is 0 Å². The number of nitrogens with zero attached hydrogens (tertiary/aromatic N) is 2. The number of sulfone groups is 1. The smallest absolute Gasteiger partial charge is 0.303 e. The number of carbonyl (C=O) groups excluding carboxylic acids is 1. The van der Waals surface area contributed by atoms with Crippen molar-refractivity contribution < 1.29 is 32.2 Å². The predicted octanol–water partition coefficient (Wildman–Crippen LogP) is 3.86. The number of anilines is 2. The van der Waals surface area contributed by atoms with Gasteiger partial charge < -0.3 is 19.6 Å². The van der Waals surface area contributed by atoms with Crippen LogP contribution in [0.3, 0.4) is 0 Å². The normalized spacial score (nSPS) is 16.1. The molecule has 204 valence electrons. The molecular weight excluding hydrogens is 523 g/mol.